The van der Waals surface area contributed by atoms with Crippen LogP contribution in [0.4, 0.5) is 0 Å². The number of nitrogens with zero attached hydrogens (tertiary/aromatic N) is 2. The van der Waals surface area contributed by atoms with Crippen molar-refractivity contribution in [3.05, 3.63) is 0 Å². The zero-order valence-electron chi connectivity index (χ0n) is 12.5. The molecule has 0 amide bonds. The van der Waals surface area contributed by atoms with Crippen LogP contribution in [0.1, 0.15) is 33.1 Å². The van der Waals surface area contributed by atoms with Crippen LogP contribution in [0, 0.1) is 5.92 Å². The summed E-state index contributed by atoms with van der Waals surface area (Å²) >= 11 is 0. The molecule has 1 atom stereocenters. The largest absolute Gasteiger partial charge is 0.466 e. The topological polar surface area (TPSA) is 32.8 Å². The van der Waals surface area contributed by atoms with E-state index in [0.29, 0.717) is 12.1 Å². The van der Waals surface area contributed by atoms with Crippen LogP contribution in [0.2, 0.25) is 0 Å². The number of rotatable bonds is 7. The van der Waals surface area contributed by atoms with E-state index >= 15 is 0 Å². The summed E-state index contributed by atoms with van der Waals surface area (Å²) in [5.41, 5.74) is 0.323. The summed E-state index contributed by atoms with van der Waals surface area (Å²) in [6.07, 6.45) is 3.84. The first-order valence-corrected chi connectivity index (χ1v) is 6.94. The predicted octanol–water partition coefficient (Wildman–Crippen LogP) is 1.60. The van der Waals surface area contributed by atoms with Crippen LogP contribution >= 0.6 is 0 Å². The summed E-state index contributed by atoms with van der Waals surface area (Å²) in [5.74, 6) is -0.133. The molecule has 0 N–H and O–H groups in total. The monoisotopic (exact) mass is 256 g/mol. The number of hydrogen-bond donors (Lipinski definition) is 0. The molecule has 1 fully saturated rings. The average Bonchev–Trinajstić information content (AvgIpc) is 2.23. The van der Waals surface area contributed by atoms with E-state index in [9.17, 15) is 4.79 Å². The van der Waals surface area contributed by atoms with Crippen molar-refractivity contribution >= 4 is 5.97 Å². The molecule has 0 bridgehead atoms. The third kappa shape index (κ3) is 3.69. The Bertz CT molecular complexity index is 275. The second-order valence-corrected chi connectivity index (χ2v) is 5.82. The van der Waals surface area contributed by atoms with Gasteiger partial charge >= 0.3 is 5.97 Å². The van der Waals surface area contributed by atoms with Crippen LogP contribution in [0.5, 0.6) is 0 Å². The second kappa shape index (κ2) is 6.53. The van der Waals surface area contributed by atoms with Gasteiger partial charge in [0.25, 0.3) is 0 Å². The first kappa shape index (κ1) is 15.4. The Morgan fingerprint density at radius 1 is 1.33 bits per heavy atom. The van der Waals surface area contributed by atoms with Gasteiger partial charge in [-0.2, -0.15) is 0 Å². The molecular weight excluding hydrogens is 228 g/mol. The minimum absolute atomic E-state index is 0.0470. The maximum Gasteiger partial charge on any atom is 0.309 e. The summed E-state index contributed by atoms with van der Waals surface area (Å²) < 4.78 is 5.05. The van der Waals surface area contributed by atoms with Crippen molar-refractivity contribution in [1.29, 1.82) is 0 Å². The van der Waals surface area contributed by atoms with E-state index in [1.54, 1.807) is 0 Å². The lowest BCUT2D eigenvalue weighted by atomic mass is 9.75. The third-order valence-corrected chi connectivity index (χ3v) is 4.07. The quantitative estimate of drug-likeness (QED) is 0.648. The molecule has 1 rings (SSSR count). The molecule has 0 aliphatic heterocycles. The van der Waals surface area contributed by atoms with Crippen molar-refractivity contribution in [3.63, 3.8) is 0 Å². The van der Waals surface area contributed by atoms with Gasteiger partial charge in [0.15, 0.2) is 0 Å². The van der Waals surface area contributed by atoms with E-state index in [1.165, 1.54) is 19.3 Å². The molecule has 0 aromatic carbocycles. The number of carbonyl (C=O) groups excluding carboxylic acids is 1. The Morgan fingerprint density at radius 2 is 1.94 bits per heavy atom. The molecule has 1 unspecified atom stereocenters. The molecule has 0 aromatic heterocycles. The fraction of sp³-hybridized carbons (Fsp3) is 0.929. The van der Waals surface area contributed by atoms with Gasteiger partial charge in [0.05, 0.1) is 12.5 Å². The van der Waals surface area contributed by atoms with Gasteiger partial charge in [-0.3, -0.25) is 4.79 Å². The van der Waals surface area contributed by atoms with Gasteiger partial charge in [0.2, 0.25) is 0 Å². The Morgan fingerprint density at radius 3 is 2.33 bits per heavy atom. The van der Waals surface area contributed by atoms with Crippen LogP contribution in [-0.4, -0.2) is 62.1 Å². The zero-order chi connectivity index (χ0) is 13.8. The number of hydrogen-bond acceptors (Lipinski definition) is 4. The molecule has 1 aliphatic rings. The van der Waals surface area contributed by atoms with Gasteiger partial charge in [-0.15, -0.1) is 0 Å². The Labute approximate surface area is 111 Å². The highest BCUT2D eigenvalue weighted by Gasteiger charge is 2.40. The predicted molar refractivity (Wildman–Crippen MR) is 73.6 cm³/mol. The number of likely N-dealkylation sites (N-methyl/N-ethyl adjacent to an activating group) is 2. The molecule has 0 saturated heterocycles. The molecule has 1 saturated carbocycles. The second-order valence-electron chi connectivity index (χ2n) is 5.82. The molecule has 0 heterocycles. The van der Waals surface area contributed by atoms with E-state index in [0.717, 1.165) is 13.1 Å². The Hall–Kier alpha value is -0.610. The number of esters is 1. The fourth-order valence-corrected chi connectivity index (χ4v) is 2.73. The molecular formula is C14H28N2O2. The molecule has 4 nitrogen and oxygen atoms in total. The zero-order valence-corrected chi connectivity index (χ0v) is 12.5. The van der Waals surface area contributed by atoms with Gasteiger partial charge in [0, 0.05) is 18.6 Å². The first-order valence-electron chi connectivity index (χ1n) is 6.94. The van der Waals surface area contributed by atoms with Gasteiger partial charge in [-0.05, 0) is 47.3 Å². The summed E-state index contributed by atoms with van der Waals surface area (Å²) in [4.78, 5) is 16.2. The minimum atomic E-state index is -0.0862. The van der Waals surface area contributed by atoms with Gasteiger partial charge in [0.1, 0.15) is 0 Å². The van der Waals surface area contributed by atoms with E-state index < -0.39 is 0 Å². The fourth-order valence-electron chi connectivity index (χ4n) is 2.73. The minimum Gasteiger partial charge on any atom is -0.466 e. The van der Waals surface area contributed by atoms with Crippen molar-refractivity contribution in [2.45, 2.75) is 38.6 Å². The summed E-state index contributed by atoms with van der Waals surface area (Å²) in [7, 11) is 6.41. The first-order chi connectivity index (χ1) is 8.41. The SMILES string of the molecule is CCOC(=O)C(C)CN(C)CC1(N(C)C)CCC1. The van der Waals surface area contributed by atoms with Crippen molar-refractivity contribution in [1.82, 2.24) is 9.80 Å². The Balaban J connectivity index is 2.41. The van der Waals surface area contributed by atoms with E-state index in [2.05, 4.69) is 30.9 Å². The van der Waals surface area contributed by atoms with Crippen molar-refractivity contribution in [2.75, 3.05) is 40.8 Å². The number of ether oxygens (including phenoxy) is 1. The standard InChI is InChI=1S/C14H28N2O2/c1-6-18-13(17)12(2)10-16(5)11-14(15(3)4)8-7-9-14/h12H,6-11H2,1-5H3. The number of carbonyl (C=O) groups is 1. The van der Waals surface area contributed by atoms with Crippen molar-refractivity contribution in [2.24, 2.45) is 5.92 Å². The van der Waals surface area contributed by atoms with Gasteiger partial charge < -0.3 is 14.5 Å². The molecule has 0 aromatic rings. The maximum absolute atomic E-state index is 11.6. The van der Waals surface area contributed by atoms with Crippen LogP contribution < -0.4 is 0 Å². The highest BCUT2D eigenvalue weighted by molar-refractivity contribution is 5.72. The lowest BCUT2D eigenvalue weighted by Crippen LogP contribution is -2.57. The summed E-state index contributed by atoms with van der Waals surface area (Å²) in [5, 5.41) is 0. The normalized spacial score (nSPS) is 19.7. The molecule has 4 heteroatoms. The van der Waals surface area contributed by atoms with Crippen LogP contribution in [-0.2, 0) is 9.53 Å². The lowest BCUT2D eigenvalue weighted by molar-refractivity contribution is -0.148. The van der Waals surface area contributed by atoms with Crippen molar-refractivity contribution < 1.29 is 9.53 Å². The average molecular weight is 256 g/mol. The maximum atomic E-state index is 11.6. The summed E-state index contributed by atoms with van der Waals surface area (Å²) in [6.45, 7) is 6.06. The molecule has 18 heavy (non-hydrogen) atoms. The molecule has 1 aliphatic carbocycles. The highest BCUT2D eigenvalue weighted by atomic mass is 16.5. The molecule has 0 spiro atoms. The molecule has 0 radical (unpaired) electrons. The van der Waals surface area contributed by atoms with E-state index in [1.807, 2.05) is 13.8 Å². The lowest BCUT2D eigenvalue weighted by Gasteiger charge is -2.49. The van der Waals surface area contributed by atoms with Crippen LogP contribution in [0.15, 0.2) is 0 Å². The van der Waals surface area contributed by atoms with Crippen LogP contribution in [0.3, 0.4) is 0 Å². The smallest absolute Gasteiger partial charge is 0.309 e. The highest BCUT2D eigenvalue weighted by Crippen LogP contribution is 2.36. The van der Waals surface area contributed by atoms with Crippen molar-refractivity contribution in [3.8, 4) is 0 Å². The molecule has 106 valence electrons. The summed E-state index contributed by atoms with van der Waals surface area (Å²) in [6, 6.07) is 0. The Kier molecular flexibility index (Phi) is 5.60. The van der Waals surface area contributed by atoms with E-state index in [4.69, 9.17) is 4.74 Å². The van der Waals surface area contributed by atoms with Gasteiger partial charge in [-0.25, -0.2) is 0 Å². The van der Waals surface area contributed by atoms with Gasteiger partial charge in [-0.1, -0.05) is 6.92 Å². The van der Waals surface area contributed by atoms with E-state index in [-0.39, 0.29) is 11.9 Å². The third-order valence-electron chi connectivity index (χ3n) is 4.07. The van der Waals surface area contributed by atoms with Crippen LogP contribution in [0.25, 0.3) is 0 Å².